The minimum Gasteiger partial charge on any atom is -0.744 e. The molecule has 20 nitrogen and oxygen atoms in total. The van der Waals surface area contributed by atoms with Crippen molar-refractivity contribution in [2.75, 3.05) is 55.8 Å². The van der Waals surface area contributed by atoms with Gasteiger partial charge in [-0.3, -0.25) is 32.9 Å². The highest BCUT2D eigenvalue weighted by Crippen LogP contribution is 2.48. The van der Waals surface area contributed by atoms with Crippen LogP contribution >= 0.6 is 0 Å². The van der Waals surface area contributed by atoms with Crippen LogP contribution in [0.15, 0.2) is 106 Å². The second-order valence-corrected chi connectivity index (χ2v) is 22.4. The molecule has 3 aliphatic heterocycles. The second-order valence-electron chi connectivity index (χ2n) is 16.4. The number of hydrogen-bond acceptors (Lipinski definition) is 14. The van der Waals surface area contributed by atoms with Crippen molar-refractivity contribution in [2.24, 2.45) is 0 Å². The van der Waals surface area contributed by atoms with Crippen LogP contribution in [0.5, 0.6) is 0 Å². The van der Waals surface area contributed by atoms with Crippen LogP contribution in [-0.4, -0.2) is 136 Å². The maximum Gasteiger partial charge on any atom is 0.294 e. The highest BCUT2D eigenvalue weighted by molar-refractivity contribution is 7.86. The third kappa shape index (κ3) is 12.8. The van der Waals surface area contributed by atoms with E-state index in [0.717, 1.165) is 23.1 Å². The number of anilines is 1. The number of benzene rings is 2. The van der Waals surface area contributed by atoms with E-state index in [1.165, 1.54) is 30.3 Å². The quantitative estimate of drug-likeness (QED) is 0.0459. The molecule has 0 bridgehead atoms. The molecule has 24 heteroatoms. The zero-order chi connectivity index (χ0) is 49.0. The lowest BCUT2D eigenvalue weighted by Crippen LogP contribution is -2.38. The molecule has 0 saturated carbocycles. The largest absolute Gasteiger partial charge is 0.744 e. The van der Waals surface area contributed by atoms with Gasteiger partial charge < -0.3 is 19.5 Å². The molecule has 0 saturated heterocycles. The lowest BCUT2D eigenvalue weighted by atomic mass is 9.81. The van der Waals surface area contributed by atoms with Crippen LogP contribution in [0.1, 0.15) is 51.7 Å². The Morgan fingerprint density at radius 3 is 2.03 bits per heavy atom. The van der Waals surface area contributed by atoms with Crippen LogP contribution in [0.4, 0.5) is 11.4 Å². The number of imide groups is 1. The Morgan fingerprint density at radius 1 is 0.788 bits per heavy atom. The van der Waals surface area contributed by atoms with Gasteiger partial charge in [-0.25, -0.2) is 8.42 Å². The summed E-state index contributed by atoms with van der Waals surface area (Å²) < 4.78 is 144. The number of amides is 3. The van der Waals surface area contributed by atoms with Crippen molar-refractivity contribution in [1.29, 1.82) is 0 Å². The maximum atomic E-state index is 12.4. The zero-order valence-corrected chi connectivity index (χ0v) is 39.5. The summed E-state index contributed by atoms with van der Waals surface area (Å²) in [5.74, 6) is -2.67. The standard InChI is InChI=1S/C42H50N4O16S4/c1-41(2)32-27-30(65(56,57)58)11-13-34(32)44(21-25-63(50,51)52)36(41)9-5-7-29(17-23-62-24-18-38(47)43-19-20-46-39(48)15-16-40(46)49)8-6-10-37-42(3,4)33-28-31(66(59,60)61)12-14-35(33)45(37)22-26-64(53,54)55/h5-16,27-28H,17-26H2,1-4H3,(H4-,43,47,50,51,52,53,54,55,56,57,58,59,60,61). The Kier molecular flexibility index (Phi) is 15.7. The Bertz CT molecular complexity index is 2930. The molecule has 3 amide bonds. The molecule has 2 aromatic rings. The summed E-state index contributed by atoms with van der Waals surface area (Å²) in [6.07, 6.45) is 12.5. The van der Waals surface area contributed by atoms with Crippen LogP contribution in [0.3, 0.4) is 0 Å². The van der Waals surface area contributed by atoms with E-state index in [1.807, 2.05) is 0 Å². The molecule has 66 heavy (non-hydrogen) atoms. The molecule has 2 aromatic carbocycles. The Labute approximate surface area is 383 Å². The normalized spacial score (nSPS) is 18.1. The van der Waals surface area contributed by atoms with Gasteiger partial charge in [-0.05, 0) is 67.8 Å². The predicted octanol–water partition coefficient (Wildman–Crippen LogP) is 2.55. The molecule has 3 heterocycles. The summed E-state index contributed by atoms with van der Waals surface area (Å²) in [7, 11) is -18.3. The van der Waals surface area contributed by atoms with E-state index in [2.05, 4.69) is 5.32 Å². The number of nitrogens with zero attached hydrogens (tertiary/aromatic N) is 3. The number of allylic oxidation sites excluding steroid dienone is 7. The van der Waals surface area contributed by atoms with Gasteiger partial charge in [0.2, 0.25) is 11.6 Å². The first kappa shape index (κ1) is 51.8. The van der Waals surface area contributed by atoms with E-state index >= 15 is 0 Å². The van der Waals surface area contributed by atoms with E-state index in [4.69, 9.17) is 4.74 Å². The zero-order valence-electron chi connectivity index (χ0n) is 36.3. The van der Waals surface area contributed by atoms with Crippen LogP contribution in [0.2, 0.25) is 0 Å². The van der Waals surface area contributed by atoms with E-state index < -0.39 is 79.5 Å². The molecule has 358 valence electrons. The van der Waals surface area contributed by atoms with Crippen LogP contribution in [-0.2, 0) is 70.4 Å². The van der Waals surface area contributed by atoms with Gasteiger partial charge >= 0.3 is 0 Å². The predicted molar refractivity (Wildman–Crippen MR) is 240 cm³/mol. The number of hydrogen-bond donors (Lipinski definition) is 4. The number of carbonyl (C=O) groups is 3. The fraction of sp³-hybridized carbons (Fsp3) is 0.381. The van der Waals surface area contributed by atoms with Crippen LogP contribution in [0, 0.1) is 0 Å². The molecule has 0 fully saturated rings. The Balaban J connectivity index is 1.45. The monoisotopic (exact) mass is 994 g/mol. The molecule has 3 aliphatic rings. The van der Waals surface area contributed by atoms with Gasteiger partial charge in [0.15, 0.2) is 12.3 Å². The Morgan fingerprint density at radius 2 is 1.41 bits per heavy atom. The molecular formula is C42H50N4O16S4. The smallest absolute Gasteiger partial charge is 0.294 e. The number of nitrogens with one attached hydrogen (secondary N) is 1. The van der Waals surface area contributed by atoms with Crippen molar-refractivity contribution in [3.63, 3.8) is 0 Å². The van der Waals surface area contributed by atoms with Gasteiger partial charge in [-0.2, -0.15) is 29.8 Å². The number of rotatable bonds is 21. The van der Waals surface area contributed by atoms with Gasteiger partial charge in [-0.1, -0.05) is 38.2 Å². The summed E-state index contributed by atoms with van der Waals surface area (Å²) >= 11 is 0. The van der Waals surface area contributed by atoms with Gasteiger partial charge in [0, 0.05) is 72.7 Å². The van der Waals surface area contributed by atoms with Crippen molar-refractivity contribution >= 4 is 75.3 Å². The lowest BCUT2D eigenvalue weighted by Gasteiger charge is -2.26. The summed E-state index contributed by atoms with van der Waals surface area (Å²) in [6.45, 7) is 6.71. The molecule has 0 spiro atoms. The minimum absolute atomic E-state index is 0.000731. The second kappa shape index (κ2) is 20.0. The fourth-order valence-corrected chi connectivity index (χ4v) is 9.60. The molecular weight excluding hydrogens is 945 g/mol. The highest BCUT2D eigenvalue weighted by atomic mass is 32.2. The maximum absolute atomic E-state index is 12.4. The first-order valence-corrected chi connectivity index (χ1v) is 26.3. The topological polar surface area (TPSA) is 302 Å². The minimum atomic E-state index is -4.85. The summed E-state index contributed by atoms with van der Waals surface area (Å²) in [6, 6.07) is 7.62. The Hall–Kier alpha value is -5.18. The lowest BCUT2D eigenvalue weighted by molar-refractivity contribution is -0.432. The summed E-state index contributed by atoms with van der Waals surface area (Å²) in [4.78, 5) is 37.7. The molecule has 0 atom stereocenters. The third-order valence-corrected chi connectivity index (χ3v) is 14.2. The van der Waals surface area contributed by atoms with Crippen molar-refractivity contribution in [3.05, 3.63) is 107 Å². The van der Waals surface area contributed by atoms with Crippen molar-refractivity contribution in [3.8, 4) is 0 Å². The molecule has 4 N–H and O–H groups in total. The SMILES string of the molecule is CC1(C)C(=CC=CC(=CC=CC2=[N+](CCS(=O)(=O)O)c3ccc(S(=O)(=O)[O-])cc3C2(C)C)CCOCCC(=O)NCCN2C(=O)C=CC2=O)N(CCS(=O)(=O)O)c2ccc(S(=O)(=O)O)cc21. The fourth-order valence-electron chi connectivity index (χ4n) is 7.77. The first-order valence-electron chi connectivity index (χ1n) is 20.2. The van der Waals surface area contributed by atoms with E-state index in [9.17, 15) is 66.3 Å². The van der Waals surface area contributed by atoms with Gasteiger partial charge in [0.05, 0.1) is 34.2 Å². The summed E-state index contributed by atoms with van der Waals surface area (Å²) in [5.41, 5.74) is 1.40. The van der Waals surface area contributed by atoms with E-state index in [1.54, 1.807) is 73.6 Å². The van der Waals surface area contributed by atoms with Crippen molar-refractivity contribution < 1.29 is 75.6 Å². The number of fused-ring (bicyclic) bond motifs is 2. The van der Waals surface area contributed by atoms with Gasteiger partial charge in [-0.15, -0.1) is 0 Å². The molecule has 5 rings (SSSR count). The first-order chi connectivity index (χ1) is 30.5. The average molecular weight is 995 g/mol. The van der Waals surface area contributed by atoms with Gasteiger partial charge in [0.25, 0.3) is 42.2 Å². The molecule has 0 aromatic heterocycles. The van der Waals surface area contributed by atoms with Crippen LogP contribution < -0.4 is 10.2 Å². The van der Waals surface area contributed by atoms with E-state index in [-0.39, 0.29) is 63.0 Å². The van der Waals surface area contributed by atoms with E-state index in [0.29, 0.717) is 39.5 Å². The van der Waals surface area contributed by atoms with Crippen molar-refractivity contribution in [1.82, 2.24) is 10.2 Å². The van der Waals surface area contributed by atoms with Crippen molar-refractivity contribution in [2.45, 2.75) is 61.2 Å². The summed E-state index contributed by atoms with van der Waals surface area (Å²) in [5, 5.41) is 2.63. The molecule has 0 unspecified atom stereocenters. The highest BCUT2D eigenvalue weighted by Gasteiger charge is 2.45. The van der Waals surface area contributed by atoms with Gasteiger partial charge in [0.1, 0.15) is 15.9 Å². The van der Waals surface area contributed by atoms with Crippen LogP contribution in [0.25, 0.3) is 0 Å². The molecule has 0 aliphatic carbocycles. The average Bonchev–Trinajstić information content (AvgIpc) is 3.72. The number of carbonyl (C=O) groups excluding carboxylic acids is 3. The number of ether oxygens (including phenoxy) is 1. The third-order valence-electron chi connectivity index (χ3n) is 11.2. The molecule has 0 radical (unpaired) electrons.